The molecule has 0 spiro atoms. The minimum absolute atomic E-state index is 0.0238. The first-order chi connectivity index (χ1) is 49.5. The summed E-state index contributed by atoms with van der Waals surface area (Å²) in [6, 6.07) is 16.6. The first kappa shape index (κ1) is 83.6. The topological polar surface area (TPSA) is 470 Å². The minimum atomic E-state index is -1.74. The number of hydrogen-bond donors (Lipinski definition) is 18. The van der Waals surface area contributed by atoms with Crippen LogP contribution >= 0.6 is 21.6 Å². The monoisotopic (exact) mass is 1480 g/mol. The average Bonchev–Trinajstić information content (AvgIpc) is 1.64. The zero-order chi connectivity index (χ0) is 76.0. The van der Waals surface area contributed by atoms with Crippen molar-refractivity contribution in [3.63, 3.8) is 0 Å². The van der Waals surface area contributed by atoms with Gasteiger partial charge in [-0.1, -0.05) is 126 Å². The van der Waals surface area contributed by atoms with Crippen LogP contribution < -0.4 is 75.3 Å². The molecule has 566 valence electrons. The number of primary amides is 1. The predicted octanol–water partition coefficient (Wildman–Crippen LogP) is 1.45. The lowest BCUT2D eigenvalue weighted by Crippen LogP contribution is -2.62. The molecule has 6 rings (SSSR count). The van der Waals surface area contributed by atoms with E-state index >= 15 is 9.59 Å². The third kappa shape index (κ3) is 27.7. The van der Waals surface area contributed by atoms with Gasteiger partial charge in [0.15, 0.2) is 0 Å². The van der Waals surface area contributed by atoms with Crippen LogP contribution in [0, 0.1) is 5.92 Å². The number of aliphatic hydroxyl groups is 3. The lowest BCUT2D eigenvalue weighted by molar-refractivity contribution is -0.136. The Bertz CT molecular complexity index is 3660. The number of fused-ring (bicyclic) bond motifs is 1. The number of H-pyrrole nitrogens is 1. The van der Waals surface area contributed by atoms with Crippen molar-refractivity contribution in [2.45, 2.75) is 185 Å². The van der Waals surface area contributed by atoms with E-state index in [4.69, 9.17) is 16.2 Å². The highest BCUT2D eigenvalue weighted by molar-refractivity contribution is 8.76. The van der Waals surface area contributed by atoms with E-state index < -0.39 is 150 Å². The summed E-state index contributed by atoms with van der Waals surface area (Å²) in [5.74, 6) is -8.05. The maximum Gasteiger partial charge on any atom is 0.408 e. The van der Waals surface area contributed by atoms with Crippen molar-refractivity contribution < 1.29 is 72.8 Å². The van der Waals surface area contributed by atoms with E-state index in [1.165, 1.54) is 13.8 Å². The van der Waals surface area contributed by atoms with Crippen molar-refractivity contribution in [3.8, 4) is 0 Å². The van der Waals surface area contributed by atoms with Gasteiger partial charge in [0, 0.05) is 65.6 Å². The molecular formula is C72H101N15O15S2. The quantitative estimate of drug-likeness (QED) is 0.0228. The zero-order valence-electron chi connectivity index (χ0n) is 59.6. The van der Waals surface area contributed by atoms with Gasteiger partial charge in [0.1, 0.15) is 54.9 Å². The second-order valence-electron chi connectivity index (χ2n) is 26.9. The summed E-state index contributed by atoms with van der Waals surface area (Å²) in [5.41, 5.74) is 13.9. The number of urea groups is 1. The van der Waals surface area contributed by atoms with Crippen LogP contribution in [0.3, 0.4) is 0 Å². The number of aromatic nitrogens is 1. The molecule has 1 fully saturated rings. The molecule has 0 radical (unpaired) electrons. The Morgan fingerprint density at radius 3 is 1.88 bits per heavy atom. The molecule has 30 nitrogen and oxygen atoms in total. The van der Waals surface area contributed by atoms with Crippen molar-refractivity contribution >= 4 is 103 Å². The van der Waals surface area contributed by atoms with Crippen molar-refractivity contribution in [2.75, 3.05) is 36.5 Å². The lowest BCUT2D eigenvalue weighted by Gasteiger charge is -2.31. The number of nitrogens with one attached hydrogen (secondary N) is 13. The summed E-state index contributed by atoms with van der Waals surface area (Å²) in [5, 5.41) is 65.2. The molecule has 2 heterocycles. The van der Waals surface area contributed by atoms with Crippen LogP contribution in [-0.4, -0.2) is 195 Å². The minimum Gasteiger partial charge on any atom is -0.445 e. The van der Waals surface area contributed by atoms with Crippen LogP contribution in [0.2, 0.25) is 0 Å². The molecule has 5 aromatic rings. The van der Waals surface area contributed by atoms with E-state index in [1.807, 2.05) is 52.8 Å². The Balaban J connectivity index is 1.31. The molecule has 1 saturated heterocycles. The third-order valence-corrected chi connectivity index (χ3v) is 19.3. The van der Waals surface area contributed by atoms with Crippen molar-refractivity contribution in [1.29, 1.82) is 0 Å². The number of alkyl carbamates (subject to hydrolysis) is 1. The number of aromatic amines is 1. The number of carbonyl (C=O) groups excluding carboxylic acids is 11. The highest BCUT2D eigenvalue weighted by Crippen LogP contribution is 2.25. The summed E-state index contributed by atoms with van der Waals surface area (Å²) < 4.78 is 5.66. The molecule has 32 heteroatoms. The number of amides is 12. The molecule has 0 saturated carbocycles. The fraction of sp³-hybridized carbons (Fsp3) is 0.486. The van der Waals surface area contributed by atoms with E-state index in [9.17, 15) is 58.5 Å². The number of hydrogen-bond acceptors (Lipinski definition) is 19. The van der Waals surface area contributed by atoms with Crippen LogP contribution in [0.5, 0.6) is 0 Å². The summed E-state index contributed by atoms with van der Waals surface area (Å²) in [6.07, 6.45) is -1.56. The van der Waals surface area contributed by atoms with Crippen molar-refractivity contribution in [1.82, 2.24) is 63.5 Å². The van der Waals surface area contributed by atoms with Crippen LogP contribution in [0.1, 0.15) is 103 Å². The molecule has 0 bridgehead atoms. The summed E-state index contributed by atoms with van der Waals surface area (Å²) in [7, 11) is 1.88. The standard InChI is InChI=1S/C72H101N15O15S2/c1-41(2)59(87-72(5,6)7)68(98)79-52(26-18-32-75-70(74)100)61(91)77-48-29-27-46(28-30-48)38-102-71(101)85-54(34-45-21-12-9-13-22-45)64(94)83-57-39-103-104-40-58(67(97)82-56(37-88)42(3)89)84-69(99)60(43(4)90)86-62(92)51(25-16-17-31-73)78-65(95)55(35-47-36-76-50-24-15-14-23-49(47)50)81-63(93)53(80-66(57)96)33-44-19-10-8-11-20-44/h8-15,19-24,27-30,36,41-43,51-60,76,87-90H,16-18,25-26,31-35,37-40,73H2,1-7H3,(H,77,91)(H,78,95)(H,79,98)(H,80,96)(H,81,93)(H,82,97)(H,83,94)(H,84,99)(H,85,101)(H,86,92)(H3,74,75,100)/t42-,43-,51+,52+,53+,54-,55-,56-,57+,58+,59+,60?/m1/s1. The highest BCUT2D eigenvalue weighted by atomic mass is 33.1. The van der Waals surface area contributed by atoms with Crippen LogP contribution in [-0.2, 0) is 73.8 Å². The first-order valence-electron chi connectivity index (χ1n) is 34.6. The second-order valence-corrected chi connectivity index (χ2v) is 29.5. The first-order valence-corrected chi connectivity index (χ1v) is 37.1. The number of rotatable bonds is 30. The second kappa shape index (κ2) is 41.8. The van der Waals surface area contributed by atoms with Crippen molar-refractivity contribution in [2.24, 2.45) is 17.4 Å². The number of benzene rings is 4. The number of carbonyl (C=O) groups is 11. The summed E-state index contributed by atoms with van der Waals surface area (Å²) >= 11 is 0. The average molecular weight is 1480 g/mol. The maximum atomic E-state index is 15.2. The molecule has 4 aromatic carbocycles. The molecule has 20 N–H and O–H groups in total. The Morgan fingerprint density at radius 2 is 1.26 bits per heavy atom. The smallest absolute Gasteiger partial charge is 0.408 e. The van der Waals surface area contributed by atoms with E-state index in [0.717, 1.165) is 21.6 Å². The van der Waals surface area contributed by atoms with Gasteiger partial charge in [0.05, 0.1) is 30.9 Å². The highest BCUT2D eigenvalue weighted by Gasteiger charge is 2.38. The number of anilines is 1. The van der Waals surface area contributed by atoms with Gasteiger partial charge in [-0.25, -0.2) is 9.59 Å². The van der Waals surface area contributed by atoms with Gasteiger partial charge in [-0.15, -0.1) is 0 Å². The molecule has 12 amide bonds. The fourth-order valence-electron chi connectivity index (χ4n) is 11.1. The molecule has 1 aliphatic rings. The number of aliphatic hydroxyl groups excluding tert-OH is 3. The van der Waals surface area contributed by atoms with Crippen molar-refractivity contribution in [3.05, 3.63) is 138 Å². The molecular weight excluding hydrogens is 1380 g/mol. The number of ether oxygens (including phenoxy) is 1. The van der Waals surface area contributed by atoms with Gasteiger partial charge in [-0.3, -0.25) is 43.2 Å². The lowest BCUT2D eigenvalue weighted by atomic mass is 9.98. The van der Waals surface area contributed by atoms with Crippen LogP contribution in [0.25, 0.3) is 10.9 Å². The number of unbranched alkanes of at least 4 members (excludes halogenated alkanes) is 1. The predicted molar refractivity (Wildman–Crippen MR) is 397 cm³/mol. The van der Waals surface area contributed by atoms with Crippen LogP contribution in [0.15, 0.2) is 115 Å². The Kier molecular flexibility index (Phi) is 33.7. The van der Waals surface area contributed by atoms with E-state index in [2.05, 4.69) is 68.8 Å². The van der Waals surface area contributed by atoms with Gasteiger partial charge in [0.2, 0.25) is 53.2 Å². The summed E-state index contributed by atoms with van der Waals surface area (Å²) in [6.45, 7) is 11.4. The molecule has 1 aliphatic heterocycles. The van der Waals surface area contributed by atoms with Gasteiger partial charge in [-0.2, -0.15) is 0 Å². The maximum absolute atomic E-state index is 15.2. The molecule has 104 heavy (non-hydrogen) atoms. The van der Waals surface area contributed by atoms with E-state index in [0.29, 0.717) is 58.1 Å². The van der Waals surface area contributed by atoms with Gasteiger partial charge < -0.3 is 100 Å². The largest absolute Gasteiger partial charge is 0.445 e. The molecule has 12 atom stereocenters. The van der Waals surface area contributed by atoms with Gasteiger partial charge >= 0.3 is 12.1 Å². The number of para-hydroxylation sites is 1. The Hall–Kier alpha value is -9.31. The zero-order valence-corrected chi connectivity index (χ0v) is 61.2. The summed E-state index contributed by atoms with van der Waals surface area (Å²) in [4.78, 5) is 159. The molecule has 0 aliphatic carbocycles. The van der Waals surface area contributed by atoms with Gasteiger partial charge in [0.25, 0.3) is 0 Å². The SMILES string of the molecule is CC(C)[C@H](NC(C)(C)C)C(=O)N[C@@H](CCCNC(N)=O)C(=O)Nc1ccc(COC(=O)N[C@H](Cc2ccccc2)C(=O)N[C@H]2CSSC[C@@H](C(=O)N[C@H](CO)[C@@H](C)O)NC(=O)C([C@@H](C)O)NC(=O)[C@H](CCCCN)NC(=O)[C@@H](Cc3c[nH]c4ccccc34)NC(=O)[C@H](Cc3ccccc3)NC2=O)cc1. The number of nitrogens with two attached hydrogens (primary N) is 2. The molecule has 1 aromatic heterocycles. The fourth-order valence-corrected chi connectivity index (χ4v) is 13.4. The van der Waals surface area contributed by atoms with E-state index in [-0.39, 0.29) is 69.2 Å². The molecule has 1 unspecified atom stereocenters. The van der Waals surface area contributed by atoms with E-state index in [1.54, 1.807) is 97.2 Å². The third-order valence-electron chi connectivity index (χ3n) is 16.8. The Morgan fingerprint density at radius 1 is 0.644 bits per heavy atom. The van der Waals surface area contributed by atoms with Crippen LogP contribution in [0.4, 0.5) is 15.3 Å². The normalized spacial score (nSPS) is 19.9. The van der Waals surface area contributed by atoms with Gasteiger partial charge in [-0.05, 0) is 120 Å². The Labute approximate surface area is 612 Å².